The molecule has 1 aliphatic heterocycles. The van der Waals surface area contributed by atoms with Gasteiger partial charge in [-0.1, -0.05) is 11.6 Å². The Morgan fingerprint density at radius 1 is 1.28 bits per heavy atom. The van der Waals surface area contributed by atoms with E-state index in [0.29, 0.717) is 29.1 Å². The molecule has 1 atom stereocenters. The van der Waals surface area contributed by atoms with Gasteiger partial charge in [-0.2, -0.15) is 0 Å². The largest absolute Gasteiger partial charge is 0.494 e. The smallest absolute Gasteiger partial charge is 0.341 e. The zero-order valence-electron chi connectivity index (χ0n) is 17.0. The second kappa shape index (κ2) is 10.8. The number of hydrogen-bond donors (Lipinski definition) is 0. The van der Waals surface area contributed by atoms with Crippen LogP contribution in [0, 0.1) is 0 Å². The van der Waals surface area contributed by atoms with Crippen molar-refractivity contribution in [2.24, 2.45) is 0 Å². The summed E-state index contributed by atoms with van der Waals surface area (Å²) in [5.74, 6) is 0.310. The lowest BCUT2D eigenvalue weighted by molar-refractivity contribution is -0.162. The zero-order valence-corrected chi connectivity index (χ0v) is 17.8. The minimum absolute atomic E-state index is 0.0857. The van der Waals surface area contributed by atoms with Gasteiger partial charge in [-0.3, -0.25) is 4.98 Å². The number of pyridine rings is 1. The number of esters is 1. The molecule has 0 radical (unpaired) electrons. The Kier molecular flexibility index (Phi) is 8.09. The van der Waals surface area contributed by atoms with E-state index in [2.05, 4.69) is 4.98 Å². The van der Waals surface area contributed by atoms with Crippen molar-refractivity contribution in [3.05, 3.63) is 34.5 Å². The number of halogens is 1. The fraction of sp³-hybridized carbons (Fsp3) is 0.545. The SMILES string of the molecule is CCOC(=O)c1cnc2cc(OCC)c(CCCOC3CCCCO3)cc2c1Cl. The number of nitrogens with zero attached hydrogens (tertiary/aromatic N) is 1. The molecule has 29 heavy (non-hydrogen) atoms. The van der Waals surface area contributed by atoms with Crippen molar-refractivity contribution < 1.29 is 23.7 Å². The molecule has 1 aliphatic rings. The molecule has 158 valence electrons. The highest BCUT2D eigenvalue weighted by molar-refractivity contribution is 6.38. The molecule has 0 saturated carbocycles. The van der Waals surface area contributed by atoms with Gasteiger partial charge in [0, 0.05) is 24.3 Å². The third kappa shape index (κ3) is 5.59. The molecule has 0 bridgehead atoms. The third-order valence-electron chi connectivity index (χ3n) is 4.81. The average molecular weight is 422 g/mol. The standard InChI is InChI=1S/C22H28ClNO5/c1-3-26-19-13-18-16(21(23)17(14-24-18)22(25)27-4-2)12-15(19)8-7-11-29-20-9-5-6-10-28-20/h12-14,20H,3-11H2,1-2H3. The van der Waals surface area contributed by atoms with Crippen LogP contribution in [0.25, 0.3) is 10.9 Å². The average Bonchev–Trinajstić information content (AvgIpc) is 2.73. The van der Waals surface area contributed by atoms with E-state index < -0.39 is 5.97 Å². The van der Waals surface area contributed by atoms with Crippen molar-refractivity contribution in [2.45, 2.75) is 52.2 Å². The summed E-state index contributed by atoms with van der Waals surface area (Å²) >= 11 is 6.51. The van der Waals surface area contributed by atoms with Crippen LogP contribution in [0.1, 0.15) is 55.5 Å². The maximum Gasteiger partial charge on any atom is 0.341 e. The van der Waals surface area contributed by atoms with E-state index >= 15 is 0 Å². The number of hydrogen-bond acceptors (Lipinski definition) is 6. The molecule has 0 N–H and O–H groups in total. The lowest BCUT2D eigenvalue weighted by Gasteiger charge is -2.22. The Labute approximate surface area is 176 Å². The van der Waals surface area contributed by atoms with Crippen LogP contribution in [0.3, 0.4) is 0 Å². The van der Waals surface area contributed by atoms with E-state index in [0.717, 1.165) is 50.0 Å². The molecule has 0 aliphatic carbocycles. The van der Waals surface area contributed by atoms with Gasteiger partial charge in [0.05, 0.1) is 35.9 Å². The van der Waals surface area contributed by atoms with Gasteiger partial charge in [0.2, 0.25) is 0 Å². The minimum atomic E-state index is -0.469. The van der Waals surface area contributed by atoms with Gasteiger partial charge >= 0.3 is 5.97 Å². The van der Waals surface area contributed by atoms with Crippen LogP contribution in [-0.2, 0) is 20.6 Å². The van der Waals surface area contributed by atoms with E-state index in [1.165, 1.54) is 6.20 Å². The van der Waals surface area contributed by atoms with E-state index in [4.69, 9.17) is 30.5 Å². The van der Waals surface area contributed by atoms with E-state index in [1.54, 1.807) is 6.92 Å². The molecule has 1 aromatic carbocycles. The second-order valence-corrected chi connectivity index (χ2v) is 7.26. The molecular weight excluding hydrogens is 394 g/mol. The van der Waals surface area contributed by atoms with Gasteiger partial charge in [-0.25, -0.2) is 4.79 Å². The summed E-state index contributed by atoms with van der Waals surface area (Å²) in [5.41, 5.74) is 1.97. The Hall–Kier alpha value is -1.89. The molecule has 0 spiro atoms. The maximum atomic E-state index is 12.1. The monoisotopic (exact) mass is 421 g/mol. The summed E-state index contributed by atoms with van der Waals surface area (Å²) in [4.78, 5) is 16.5. The van der Waals surface area contributed by atoms with Crippen LogP contribution in [-0.4, -0.2) is 43.7 Å². The summed E-state index contributed by atoms with van der Waals surface area (Å²) in [5, 5.41) is 1.07. The van der Waals surface area contributed by atoms with Gasteiger partial charge < -0.3 is 18.9 Å². The van der Waals surface area contributed by atoms with Crippen molar-refractivity contribution in [1.29, 1.82) is 0 Å². The number of carbonyl (C=O) groups excluding carboxylic acids is 1. The lowest BCUT2D eigenvalue weighted by atomic mass is 10.0. The number of ether oxygens (including phenoxy) is 4. The van der Waals surface area contributed by atoms with Crippen LogP contribution < -0.4 is 4.74 Å². The van der Waals surface area contributed by atoms with Crippen molar-refractivity contribution in [3.63, 3.8) is 0 Å². The number of carbonyl (C=O) groups is 1. The molecule has 1 unspecified atom stereocenters. The summed E-state index contributed by atoms with van der Waals surface area (Å²) in [6.07, 6.45) is 6.17. The van der Waals surface area contributed by atoms with Gasteiger partial charge in [0.15, 0.2) is 6.29 Å². The first-order valence-corrected chi connectivity index (χ1v) is 10.7. The fourth-order valence-corrected chi connectivity index (χ4v) is 3.67. The maximum absolute atomic E-state index is 12.1. The molecular formula is C22H28ClNO5. The number of aromatic nitrogens is 1. The molecule has 7 heteroatoms. The minimum Gasteiger partial charge on any atom is -0.494 e. The molecule has 2 aromatic rings. The lowest BCUT2D eigenvalue weighted by Crippen LogP contribution is -2.22. The second-order valence-electron chi connectivity index (χ2n) is 6.89. The third-order valence-corrected chi connectivity index (χ3v) is 5.22. The summed E-state index contributed by atoms with van der Waals surface area (Å²) in [6, 6.07) is 3.83. The molecule has 1 fully saturated rings. The number of fused-ring (bicyclic) bond motifs is 1. The zero-order chi connectivity index (χ0) is 20.6. The summed E-state index contributed by atoms with van der Waals surface area (Å²) in [7, 11) is 0. The van der Waals surface area contributed by atoms with Crippen molar-refractivity contribution in [1.82, 2.24) is 4.98 Å². The van der Waals surface area contributed by atoms with Gasteiger partial charge in [0.25, 0.3) is 0 Å². The van der Waals surface area contributed by atoms with E-state index in [9.17, 15) is 4.79 Å². The van der Waals surface area contributed by atoms with Crippen molar-refractivity contribution in [2.75, 3.05) is 26.4 Å². The van der Waals surface area contributed by atoms with Crippen molar-refractivity contribution >= 4 is 28.5 Å². The number of rotatable bonds is 9. The Balaban J connectivity index is 1.77. The van der Waals surface area contributed by atoms with Crippen LogP contribution >= 0.6 is 11.6 Å². The first-order chi connectivity index (χ1) is 14.1. The molecule has 1 aromatic heterocycles. The van der Waals surface area contributed by atoms with Gasteiger partial charge in [-0.15, -0.1) is 0 Å². The molecule has 1 saturated heterocycles. The summed E-state index contributed by atoms with van der Waals surface area (Å²) in [6.45, 7) is 5.93. The van der Waals surface area contributed by atoms with E-state index in [1.807, 2.05) is 19.1 Å². The topological polar surface area (TPSA) is 66.9 Å². The van der Waals surface area contributed by atoms with Crippen LogP contribution in [0.2, 0.25) is 5.02 Å². The predicted molar refractivity (Wildman–Crippen MR) is 112 cm³/mol. The van der Waals surface area contributed by atoms with Crippen molar-refractivity contribution in [3.8, 4) is 5.75 Å². The van der Waals surface area contributed by atoms with Crippen LogP contribution in [0.5, 0.6) is 5.75 Å². The molecule has 6 nitrogen and oxygen atoms in total. The molecule has 2 heterocycles. The highest BCUT2D eigenvalue weighted by atomic mass is 35.5. The summed E-state index contributed by atoms with van der Waals surface area (Å²) < 4.78 is 22.3. The van der Waals surface area contributed by atoms with Gasteiger partial charge in [-0.05, 0) is 57.6 Å². The number of aryl methyl sites for hydroxylation is 1. The number of benzene rings is 1. The predicted octanol–water partition coefficient (Wildman–Crippen LogP) is 4.94. The first kappa shape index (κ1) is 21.8. The van der Waals surface area contributed by atoms with Crippen LogP contribution in [0.4, 0.5) is 0 Å². The Morgan fingerprint density at radius 2 is 2.14 bits per heavy atom. The van der Waals surface area contributed by atoms with E-state index in [-0.39, 0.29) is 18.5 Å². The Morgan fingerprint density at radius 3 is 2.86 bits per heavy atom. The highest BCUT2D eigenvalue weighted by Gasteiger charge is 2.18. The van der Waals surface area contributed by atoms with Gasteiger partial charge in [0.1, 0.15) is 5.75 Å². The Bertz CT molecular complexity index is 836. The normalized spacial score (nSPS) is 16.7. The molecule has 3 rings (SSSR count). The van der Waals surface area contributed by atoms with Crippen LogP contribution in [0.15, 0.2) is 18.3 Å². The fourth-order valence-electron chi connectivity index (χ4n) is 3.39. The highest BCUT2D eigenvalue weighted by Crippen LogP contribution is 2.32. The molecule has 0 amide bonds. The first-order valence-electron chi connectivity index (χ1n) is 10.3. The quantitative estimate of drug-likeness (QED) is 0.422.